The minimum absolute atomic E-state index is 0. The van der Waals surface area contributed by atoms with Gasteiger partial charge in [0.2, 0.25) is 0 Å². The largest absolute Gasteiger partial charge is 0.396 e. The Labute approximate surface area is 174 Å². The lowest BCUT2D eigenvalue weighted by Crippen LogP contribution is -2.44. The monoisotopic (exact) mass is 497 g/mol. The lowest BCUT2D eigenvalue weighted by atomic mass is 9.90. The van der Waals surface area contributed by atoms with Crippen molar-refractivity contribution in [2.24, 2.45) is 10.4 Å². The lowest BCUT2D eigenvalue weighted by Gasteiger charge is -2.26. The van der Waals surface area contributed by atoms with Crippen molar-refractivity contribution in [3.8, 4) is 0 Å². The third kappa shape index (κ3) is 10.3. The fourth-order valence-corrected chi connectivity index (χ4v) is 3.25. The Bertz CT molecular complexity index is 649. The van der Waals surface area contributed by atoms with Gasteiger partial charge in [-0.15, -0.1) is 24.0 Å². The number of aliphatic hydroxyl groups is 1. The summed E-state index contributed by atoms with van der Waals surface area (Å²) >= 11 is 0. The summed E-state index contributed by atoms with van der Waals surface area (Å²) < 4.78 is 22.7. The maximum absolute atomic E-state index is 11.3. The molecule has 0 aliphatic rings. The molecule has 0 aromatic heterocycles. The zero-order valence-electron chi connectivity index (χ0n) is 16.0. The van der Waals surface area contributed by atoms with E-state index in [9.17, 15) is 13.5 Å². The van der Waals surface area contributed by atoms with Crippen molar-refractivity contribution in [3.63, 3.8) is 0 Å². The van der Waals surface area contributed by atoms with Gasteiger partial charge in [-0.2, -0.15) is 0 Å². The second-order valence-electron chi connectivity index (χ2n) is 7.14. The smallest absolute Gasteiger partial charge is 0.191 e. The van der Waals surface area contributed by atoms with Crippen LogP contribution in [0.3, 0.4) is 0 Å². The van der Waals surface area contributed by atoms with Crippen LogP contribution in [0.25, 0.3) is 0 Å². The Balaban J connectivity index is 0.00000625. The first-order valence-electron chi connectivity index (χ1n) is 8.45. The van der Waals surface area contributed by atoms with Gasteiger partial charge in [-0.05, 0) is 17.4 Å². The molecule has 0 aliphatic carbocycles. The van der Waals surface area contributed by atoms with E-state index < -0.39 is 9.84 Å². The van der Waals surface area contributed by atoms with Gasteiger partial charge in [-0.1, -0.05) is 44.2 Å². The summed E-state index contributed by atoms with van der Waals surface area (Å²) in [5.41, 5.74) is 0.901. The predicted octanol–water partition coefficient (Wildman–Crippen LogP) is 2.01. The summed E-state index contributed by atoms with van der Waals surface area (Å²) in [6.45, 7) is 5.27. The highest BCUT2D eigenvalue weighted by atomic mass is 127. The molecule has 0 heterocycles. The SMILES string of the molecule is CN=C(NCC(CO)c1ccccc1)NCC(C)(C)CCS(C)(=O)=O.I. The Morgan fingerprint density at radius 2 is 1.85 bits per heavy atom. The Kier molecular flexibility index (Phi) is 11.4. The summed E-state index contributed by atoms with van der Waals surface area (Å²) in [4.78, 5) is 4.19. The van der Waals surface area contributed by atoms with E-state index in [2.05, 4.69) is 15.6 Å². The highest BCUT2D eigenvalue weighted by Crippen LogP contribution is 2.19. The summed E-state index contributed by atoms with van der Waals surface area (Å²) in [5, 5.41) is 16.1. The van der Waals surface area contributed by atoms with E-state index in [1.54, 1.807) is 7.05 Å². The van der Waals surface area contributed by atoms with Crippen LogP contribution < -0.4 is 10.6 Å². The molecular formula is C18H32IN3O3S. The molecule has 26 heavy (non-hydrogen) atoms. The minimum Gasteiger partial charge on any atom is -0.396 e. The first-order chi connectivity index (χ1) is 11.7. The van der Waals surface area contributed by atoms with Gasteiger partial charge in [0.05, 0.1) is 12.4 Å². The van der Waals surface area contributed by atoms with Crippen LogP contribution in [0, 0.1) is 5.41 Å². The van der Waals surface area contributed by atoms with Crippen LogP contribution in [0.1, 0.15) is 31.7 Å². The molecule has 150 valence electrons. The number of nitrogens with zero attached hydrogens (tertiary/aromatic N) is 1. The van der Waals surface area contributed by atoms with Crippen molar-refractivity contribution < 1.29 is 13.5 Å². The third-order valence-electron chi connectivity index (χ3n) is 4.11. The topological polar surface area (TPSA) is 90.8 Å². The van der Waals surface area contributed by atoms with E-state index in [1.807, 2.05) is 44.2 Å². The second kappa shape index (κ2) is 11.8. The van der Waals surface area contributed by atoms with Crippen molar-refractivity contribution in [1.29, 1.82) is 0 Å². The quantitative estimate of drug-likeness (QED) is 0.276. The van der Waals surface area contributed by atoms with Crippen LogP contribution in [-0.2, 0) is 9.84 Å². The molecule has 0 spiro atoms. The number of aliphatic imine (C=N–C) groups is 1. The van der Waals surface area contributed by atoms with Crippen LogP contribution in [0.5, 0.6) is 0 Å². The summed E-state index contributed by atoms with van der Waals surface area (Å²) in [7, 11) is -1.27. The Morgan fingerprint density at radius 3 is 2.35 bits per heavy atom. The van der Waals surface area contributed by atoms with E-state index >= 15 is 0 Å². The zero-order chi connectivity index (χ0) is 18.9. The number of rotatable bonds is 9. The Hall–Kier alpha value is -0.870. The normalized spacial score (nSPS) is 13.7. The van der Waals surface area contributed by atoms with Gasteiger partial charge in [-0.25, -0.2) is 8.42 Å². The molecule has 6 nitrogen and oxygen atoms in total. The highest BCUT2D eigenvalue weighted by Gasteiger charge is 2.21. The Morgan fingerprint density at radius 1 is 1.23 bits per heavy atom. The number of benzene rings is 1. The summed E-state index contributed by atoms with van der Waals surface area (Å²) in [5.74, 6) is 0.800. The van der Waals surface area contributed by atoms with Gasteiger partial charge in [0.25, 0.3) is 0 Å². The van der Waals surface area contributed by atoms with Crippen molar-refractivity contribution in [2.75, 3.05) is 38.8 Å². The van der Waals surface area contributed by atoms with E-state index in [0.717, 1.165) is 5.56 Å². The van der Waals surface area contributed by atoms with Crippen LogP contribution in [-0.4, -0.2) is 58.2 Å². The van der Waals surface area contributed by atoms with E-state index in [1.165, 1.54) is 6.26 Å². The van der Waals surface area contributed by atoms with Crippen LogP contribution in [0.15, 0.2) is 35.3 Å². The molecular weight excluding hydrogens is 465 g/mol. The third-order valence-corrected chi connectivity index (χ3v) is 5.06. The van der Waals surface area contributed by atoms with E-state index in [0.29, 0.717) is 25.5 Å². The molecule has 0 radical (unpaired) electrons. The molecule has 0 bridgehead atoms. The molecule has 1 atom stereocenters. The molecule has 0 saturated carbocycles. The maximum Gasteiger partial charge on any atom is 0.191 e. The molecule has 8 heteroatoms. The van der Waals surface area contributed by atoms with Gasteiger partial charge in [-0.3, -0.25) is 4.99 Å². The van der Waals surface area contributed by atoms with Gasteiger partial charge in [0.15, 0.2) is 5.96 Å². The first-order valence-corrected chi connectivity index (χ1v) is 10.5. The fraction of sp³-hybridized carbons (Fsp3) is 0.611. The van der Waals surface area contributed by atoms with Crippen molar-refractivity contribution in [3.05, 3.63) is 35.9 Å². The molecule has 0 aliphatic heterocycles. The number of sulfone groups is 1. The number of hydrogen-bond acceptors (Lipinski definition) is 4. The lowest BCUT2D eigenvalue weighted by molar-refractivity contribution is 0.265. The molecule has 3 N–H and O–H groups in total. The second-order valence-corrected chi connectivity index (χ2v) is 9.40. The van der Waals surface area contributed by atoms with Gasteiger partial charge in [0, 0.05) is 32.3 Å². The van der Waals surface area contributed by atoms with Crippen molar-refractivity contribution in [1.82, 2.24) is 10.6 Å². The average molecular weight is 497 g/mol. The molecule has 1 unspecified atom stereocenters. The zero-order valence-corrected chi connectivity index (χ0v) is 19.2. The van der Waals surface area contributed by atoms with Crippen LogP contribution in [0.2, 0.25) is 0 Å². The number of aliphatic hydroxyl groups excluding tert-OH is 1. The standard InChI is InChI=1S/C18H31N3O3S.HI/c1-18(2,10-11-25(4,23)24)14-21-17(19-3)20-12-16(13-22)15-8-6-5-7-9-15;/h5-9,16,22H,10-14H2,1-4H3,(H2,19,20,21);1H. The molecule has 1 aromatic rings. The molecule has 1 rings (SSSR count). The summed E-state index contributed by atoms with van der Waals surface area (Å²) in [6.07, 6.45) is 1.84. The molecule has 1 aromatic carbocycles. The first kappa shape index (κ1) is 25.1. The van der Waals surface area contributed by atoms with Gasteiger partial charge < -0.3 is 15.7 Å². The van der Waals surface area contributed by atoms with Crippen molar-refractivity contribution in [2.45, 2.75) is 26.2 Å². The van der Waals surface area contributed by atoms with Crippen LogP contribution in [0.4, 0.5) is 0 Å². The van der Waals surface area contributed by atoms with Crippen molar-refractivity contribution >= 4 is 39.8 Å². The molecule has 0 saturated heterocycles. The number of halogens is 1. The van der Waals surface area contributed by atoms with Crippen LogP contribution >= 0.6 is 24.0 Å². The number of nitrogens with one attached hydrogen (secondary N) is 2. The maximum atomic E-state index is 11.3. The van der Waals surface area contributed by atoms with Gasteiger partial charge >= 0.3 is 0 Å². The minimum atomic E-state index is -2.96. The van der Waals surface area contributed by atoms with E-state index in [-0.39, 0.29) is 47.7 Å². The molecule has 0 amide bonds. The van der Waals surface area contributed by atoms with Gasteiger partial charge in [0.1, 0.15) is 9.84 Å². The fourth-order valence-electron chi connectivity index (χ4n) is 2.33. The predicted molar refractivity (Wildman–Crippen MR) is 119 cm³/mol. The highest BCUT2D eigenvalue weighted by molar-refractivity contribution is 14.0. The summed E-state index contributed by atoms with van der Waals surface area (Å²) in [6, 6.07) is 9.84. The number of guanidine groups is 1. The number of hydrogen-bond donors (Lipinski definition) is 3. The van der Waals surface area contributed by atoms with E-state index in [4.69, 9.17) is 0 Å². The molecule has 0 fully saturated rings. The average Bonchev–Trinajstić information content (AvgIpc) is 2.57.